The number of hydrogen-bond acceptors (Lipinski definition) is 3. The molecule has 2 amide bonds. The average molecular weight is 350 g/mol. The Balaban J connectivity index is 1.74. The lowest BCUT2D eigenvalue weighted by Crippen LogP contribution is -2.34. The molecule has 24 heavy (non-hydrogen) atoms. The number of halogens is 2. The van der Waals surface area contributed by atoms with Crippen LogP contribution in [0.15, 0.2) is 42.5 Å². The lowest BCUT2D eigenvalue weighted by Gasteiger charge is -2.24. The first-order valence-corrected chi connectivity index (χ1v) is 8.41. The molecule has 0 bridgehead atoms. The minimum Gasteiger partial charge on any atom is -0.497 e. The van der Waals surface area contributed by atoms with Crippen LogP contribution < -0.4 is 10.1 Å². The second kappa shape index (κ2) is 7.09. The molecule has 1 unspecified atom stereocenters. The second-order valence-corrected chi connectivity index (χ2v) is 6.44. The van der Waals surface area contributed by atoms with Crippen LogP contribution in [0.25, 0.3) is 0 Å². The van der Waals surface area contributed by atoms with Crippen LogP contribution in [0.1, 0.15) is 10.9 Å². The summed E-state index contributed by atoms with van der Waals surface area (Å²) in [6.07, 6.45) is 0. The van der Waals surface area contributed by atoms with Crippen molar-refractivity contribution in [2.45, 2.75) is 5.37 Å². The topological polar surface area (TPSA) is 41.6 Å². The Hall–Kier alpha value is -2.28. The SMILES string of the molecule is COc1ccc(C2SCCN2C(=O)Nc2ccc(F)c(F)c2)cc1. The standard InChI is InChI=1S/C17H16F2N2O2S/c1-23-13-5-2-11(3-6-13)16-21(8-9-24-16)17(22)20-12-4-7-14(18)15(19)10-12/h2-7,10,16H,8-9H2,1H3,(H,20,22). The van der Waals surface area contributed by atoms with E-state index >= 15 is 0 Å². The van der Waals surface area contributed by atoms with Crippen LogP contribution in [-0.2, 0) is 0 Å². The van der Waals surface area contributed by atoms with E-state index in [1.54, 1.807) is 23.8 Å². The Kier molecular flexibility index (Phi) is 4.89. The zero-order valence-corrected chi connectivity index (χ0v) is 13.8. The Morgan fingerprint density at radius 3 is 2.62 bits per heavy atom. The first-order chi connectivity index (χ1) is 11.6. The zero-order valence-electron chi connectivity index (χ0n) is 13.0. The molecule has 4 nitrogen and oxygen atoms in total. The van der Waals surface area contributed by atoms with Crippen molar-refractivity contribution in [1.29, 1.82) is 0 Å². The Bertz CT molecular complexity index is 740. The third-order valence-corrected chi connectivity index (χ3v) is 4.98. The van der Waals surface area contributed by atoms with Gasteiger partial charge in [0.2, 0.25) is 0 Å². The molecule has 1 atom stereocenters. The van der Waals surface area contributed by atoms with Gasteiger partial charge in [0.1, 0.15) is 11.1 Å². The number of ether oxygens (including phenoxy) is 1. The maximum absolute atomic E-state index is 13.3. The Morgan fingerprint density at radius 1 is 1.21 bits per heavy atom. The van der Waals surface area contributed by atoms with Gasteiger partial charge in [0.15, 0.2) is 11.6 Å². The molecule has 1 aliphatic heterocycles. The number of anilines is 1. The number of urea groups is 1. The molecule has 1 saturated heterocycles. The molecular weight excluding hydrogens is 334 g/mol. The van der Waals surface area contributed by atoms with Crippen molar-refractivity contribution in [3.8, 4) is 5.75 Å². The van der Waals surface area contributed by atoms with Gasteiger partial charge in [-0.1, -0.05) is 12.1 Å². The van der Waals surface area contributed by atoms with Crippen molar-refractivity contribution in [2.24, 2.45) is 0 Å². The van der Waals surface area contributed by atoms with Gasteiger partial charge >= 0.3 is 6.03 Å². The van der Waals surface area contributed by atoms with Crippen LogP contribution in [0.2, 0.25) is 0 Å². The van der Waals surface area contributed by atoms with Crippen LogP contribution in [0.5, 0.6) is 5.75 Å². The number of carbonyl (C=O) groups is 1. The number of methoxy groups -OCH3 is 1. The van der Waals surface area contributed by atoms with E-state index in [1.165, 1.54) is 6.07 Å². The molecule has 0 spiro atoms. The lowest BCUT2D eigenvalue weighted by atomic mass is 10.2. The Labute approximate surface area is 142 Å². The van der Waals surface area contributed by atoms with E-state index in [4.69, 9.17) is 4.74 Å². The summed E-state index contributed by atoms with van der Waals surface area (Å²) in [6.45, 7) is 0.580. The summed E-state index contributed by atoms with van der Waals surface area (Å²) in [5.74, 6) is -0.377. The third-order valence-electron chi connectivity index (χ3n) is 3.72. The van der Waals surface area contributed by atoms with E-state index in [-0.39, 0.29) is 17.1 Å². The van der Waals surface area contributed by atoms with Gasteiger partial charge in [-0.3, -0.25) is 0 Å². The van der Waals surface area contributed by atoms with Crippen molar-refractivity contribution >= 4 is 23.5 Å². The summed E-state index contributed by atoms with van der Waals surface area (Å²) in [5.41, 5.74) is 1.21. The van der Waals surface area contributed by atoms with Gasteiger partial charge in [0, 0.05) is 24.1 Å². The summed E-state index contributed by atoms with van der Waals surface area (Å²) in [6, 6.07) is 10.5. The van der Waals surface area contributed by atoms with Crippen molar-refractivity contribution in [2.75, 3.05) is 24.7 Å². The fourth-order valence-corrected chi connectivity index (χ4v) is 3.75. The molecule has 2 aromatic carbocycles. The number of benzene rings is 2. The lowest BCUT2D eigenvalue weighted by molar-refractivity contribution is 0.214. The van der Waals surface area contributed by atoms with Crippen molar-refractivity contribution in [1.82, 2.24) is 4.90 Å². The molecule has 1 heterocycles. The minimum absolute atomic E-state index is 0.124. The van der Waals surface area contributed by atoms with E-state index in [0.29, 0.717) is 6.54 Å². The molecule has 126 valence electrons. The van der Waals surface area contributed by atoms with Crippen molar-refractivity contribution < 1.29 is 18.3 Å². The minimum atomic E-state index is -0.990. The van der Waals surface area contributed by atoms with E-state index in [1.807, 2.05) is 24.3 Å². The second-order valence-electron chi connectivity index (χ2n) is 5.25. The smallest absolute Gasteiger partial charge is 0.323 e. The third kappa shape index (κ3) is 3.46. The Morgan fingerprint density at radius 2 is 1.96 bits per heavy atom. The molecule has 1 N–H and O–H groups in total. The van der Waals surface area contributed by atoms with Gasteiger partial charge in [0.05, 0.1) is 7.11 Å². The predicted molar refractivity (Wildman–Crippen MR) is 90.3 cm³/mol. The molecule has 0 aromatic heterocycles. The summed E-state index contributed by atoms with van der Waals surface area (Å²) < 4.78 is 31.4. The van der Waals surface area contributed by atoms with Gasteiger partial charge in [-0.15, -0.1) is 11.8 Å². The van der Waals surface area contributed by atoms with Crippen molar-refractivity contribution in [3.05, 3.63) is 59.7 Å². The monoisotopic (exact) mass is 350 g/mol. The summed E-state index contributed by atoms with van der Waals surface area (Å²) in [5, 5.41) is 2.49. The number of rotatable bonds is 3. The highest BCUT2D eigenvalue weighted by molar-refractivity contribution is 7.99. The van der Waals surface area contributed by atoms with Crippen molar-refractivity contribution in [3.63, 3.8) is 0 Å². The molecular formula is C17H16F2N2O2S. The number of thioether (sulfide) groups is 1. The molecule has 3 rings (SSSR count). The van der Waals surface area contributed by atoms with E-state index in [0.717, 1.165) is 29.2 Å². The summed E-state index contributed by atoms with van der Waals surface area (Å²) in [4.78, 5) is 14.2. The van der Waals surface area contributed by atoms with E-state index in [2.05, 4.69) is 5.32 Å². The molecule has 0 aliphatic carbocycles. The highest BCUT2D eigenvalue weighted by Gasteiger charge is 2.30. The molecule has 0 radical (unpaired) electrons. The summed E-state index contributed by atoms with van der Waals surface area (Å²) in [7, 11) is 1.60. The fraction of sp³-hybridized carbons (Fsp3) is 0.235. The van der Waals surface area contributed by atoms with Gasteiger partial charge < -0.3 is 15.0 Å². The molecule has 0 saturated carbocycles. The van der Waals surface area contributed by atoms with Gasteiger partial charge in [-0.25, -0.2) is 13.6 Å². The van der Waals surface area contributed by atoms with Crippen LogP contribution in [-0.4, -0.2) is 30.3 Å². The van der Waals surface area contributed by atoms with E-state index < -0.39 is 11.6 Å². The van der Waals surface area contributed by atoms with E-state index in [9.17, 15) is 13.6 Å². The quantitative estimate of drug-likeness (QED) is 0.900. The number of nitrogens with one attached hydrogen (secondary N) is 1. The molecule has 1 fully saturated rings. The van der Waals surface area contributed by atoms with Crippen LogP contribution in [0.3, 0.4) is 0 Å². The normalized spacial score (nSPS) is 17.0. The highest BCUT2D eigenvalue weighted by atomic mass is 32.2. The number of amides is 2. The number of nitrogens with zero attached hydrogens (tertiary/aromatic N) is 1. The first-order valence-electron chi connectivity index (χ1n) is 7.36. The van der Waals surface area contributed by atoms with Crippen LogP contribution in [0, 0.1) is 11.6 Å². The summed E-state index contributed by atoms with van der Waals surface area (Å²) >= 11 is 1.65. The van der Waals surface area contributed by atoms with Crippen LogP contribution in [0.4, 0.5) is 19.3 Å². The highest BCUT2D eigenvalue weighted by Crippen LogP contribution is 2.38. The first kappa shape index (κ1) is 16.6. The molecule has 1 aliphatic rings. The van der Waals surface area contributed by atoms with Gasteiger partial charge in [-0.2, -0.15) is 0 Å². The average Bonchev–Trinajstić information content (AvgIpc) is 3.08. The zero-order chi connectivity index (χ0) is 17.1. The molecule has 7 heteroatoms. The largest absolute Gasteiger partial charge is 0.497 e. The van der Waals surface area contributed by atoms with Gasteiger partial charge in [0.25, 0.3) is 0 Å². The maximum Gasteiger partial charge on any atom is 0.323 e. The maximum atomic E-state index is 13.3. The predicted octanol–water partition coefficient (Wildman–Crippen LogP) is 4.25. The fourth-order valence-electron chi connectivity index (χ4n) is 2.49. The molecule has 2 aromatic rings. The number of carbonyl (C=O) groups excluding carboxylic acids is 1. The van der Waals surface area contributed by atoms with Crippen LogP contribution >= 0.6 is 11.8 Å². The number of hydrogen-bond donors (Lipinski definition) is 1. The van der Waals surface area contributed by atoms with Gasteiger partial charge in [-0.05, 0) is 29.8 Å².